The van der Waals surface area contributed by atoms with E-state index in [1.54, 1.807) is 0 Å². The van der Waals surface area contributed by atoms with Crippen molar-refractivity contribution in [2.45, 2.75) is 44.7 Å². The van der Waals surface area contributed by atoms with Crippen LogP contribution in [0.5, 0.6) is 0 Å². The van der Waals surface area contributed by atoms with Gasteiger partial charge in [-0.25, -0.2) is 0 Å². The smallest absolute Gasteiger partial charge is 0.0448 e. The Bertz CT molecular complexity index is 297. The molecule has 2 unspecified atom stereocenters. The Morgan fingerprint density at radius 1 is 1.12 bits per heavy atom. The number of nitrogens with two attached hydrogens (primary N) is 2. The van der Waals surface area contributed by atoms with E-state index in [0.29, 0.717) is 0 Å². The molecular formula is C13H21ClN2. The average Bonchev–Trinajstić information content (AvgIpc) is 2.29. The Hall–Kier alpha value is -0.570. The summed E-state index contributed by atoms with van der Waals surface area (Å²) in [6.07, 6.45) is 4.57. The van der Waals surface area contributed by atoms with Gasteiger partial charge in [-0.05, 0) is 24.1 Å². The molecule has 0 saturated carbocycles. The number of benzene rings is 1. The van der Waals surface area contributed by atoms with Crippen molar-refractivity contribution in [1.29, 1.82) is 0 Å². The molecule has 0 saturated heterocycles. The molecule has 0 spiro atoms. The Balaban J connectivity index is 2.49. The Morgan fingerprint density at radius 3 is 2.31 bits per heavy atom. The lowest BCUT2D eigenvalue weighted by atomic mass is 9.96. The van der Waals surface area contributed by atoms with Crippen molar-refractivity contribution in [3.63, 3.8) is 0 Å². The molecule has 0 aliphatic rings. The standard InChI is InChI=1S/C13H21ClN2/c1-2-3-4-5-12(15)13(16)10-6-8-11(14)9-7-10/h6-9,12-13H,2-5,15-16H2,1H3. The highest BCUT2D eigenvalue weighted by molar-refractivity contribution is 6.30. The molecule has 3 heteroatoms. The summed E-state index contributed by atoms with van der Waals surface area (Å²) in [5.41, 5.74) is 13.2. The van der Waals surface area contributed by atoms with Crippen LogP contribution < -0.4 is 11.5 Å². The molecule has 0 radical (unpaired) electrons. The predicted octanol–water partition coefficient (Wildman–Crippen LogP) is 3.25. The molecule has 0 heterocycles. The first kappa shape index (κ1) is 13.5. The minimum Gasteiger partial charge on any atom is -0.326 e. The van der Waals surface area contributed by atoms with Gasteiger partial charge in [-0.3, -0.25) is 0 Å². The lowest BCUT2D eigenvalue weighted by Gasteiger charge is -2.20. The molecule has 0 fully saturated rings. The molecule has 16 heavy (non-hydrogen) atoms. The maximum atomic E-state index is 6.10. The number of unbranched alkanes of at least 4 members (excludes halogenated alkanes) is 2. The van der Waals surface area contributed by atoms with Crippen molar-refractivity contribution >= 4 is 11.6 Å². The van der Waals surface area contributed by atoms with Crippen molar-refractivity contribution in [1.82, 2.24) is 0 Å². The molecular weight excluding hydrogens is 220 g/mol. The zero-order chi connectivity index (χ0) is 12.0. The SMILES string of the molecule is CCCCCC(N)C(N)c1ccc(Cl)cc1. The monoisotopic (exact) mass is 240 g/mol. The van der Waals surface area contributed by atoms with E-state index in [2.05, 4.69) is 6.92 Å². The van der Waals surface area contributed by atoms with Crippen LogP contribution in [0.15, 0.2) is 24.3 Å². The van der Waals surface area contributed by atoms with Crippen LogP contribution in [-0.2, 0) is 0 Å². The molecule has 90 valence electrons. The third-order valence-corrected chi connectivity index (χ3v) is 3.11. The van der Waals surface area contributed by atoms with Gasteiger partial charge in [-0.15, -0.1) is 0 Å². The van der Waals surface area contributed by atoms with Crippen LogP contribution in [0.3, 0.4) is 0 Å². The second-order valence-electron chi connectivity index (χ2n) is 4.24. The zero-order valence-corrected chi connectivity index (χ0v) is 10.6. The van der Waals surface area contributed by atoms with Gasteiger partial charge in [0, 0.05) is 17.1 Å². The summed E-state index contributed by atoms with van der Waals surface area (Å²) in [6.45, 7) is 2.19. The fraction of sp³-hybridized carbons (Fsp3) is 0.538. The molecule has 2 nitrogen and oxygen atoms in total. The van der Waals surface area contributed by atoms with Crippen molar-refractivity contribution in [2.24, 2.45) is 11.5 Å². The number of hydrogen-bond donors (Lipinski definition) is 2. The van der Waals surface area contributed by atoms with Crippen LogP contribution in [-0.4, -0.2) is 6.04 Å². The topological polar surface area (TPSA) is 52.0 Å². The quantitative estimate of drug-likeness (QED) is 0.750. The molecule has 1 rings (SSSR count). The summed E-state index contributed by atoms with van der Waals surface area (Å²) < 4.78 is 0. The van der Waals surface area contributed by atoms with Gasteiger partial charge >= 0.3 is 0 Å². The number of hydrogen-bond acceptors (Lipinski definition) is 2. The van der Waals surface area contributed by atoms with Crippen LogP contribution in [0.1, 0.15) is 44.2 Å². The molecule has 0 aliphatic heterocycles. The highest BCUT2D eigenvalue weighted by atomic mass is 35.5. The maximum absolute atomic E-state index is 6.10. The van der Waals surface area contributed by atoms with E-state index in [0.717, 1.165) is 23.4 Å². The van der Waals surface area contributed by atoms with Crippen LogP contribution in [0, 0.1) is 0 Å². The van der Waals surface area contributed by atoms with Gasteiger partial charge < -0.3 is 11.5 Å². The van der Waals surface area contributed by atoms with Gasteiger partial charge in [0.05, 0.1) is 0 Å². The van der Waals surface area contributed by atoms with Crippen LogP contribution in [0.4, 0.5) is 0 Å². The number of rotatable bonds is 6. The van der Waals surface area contributed by atoms with E-state index in [1.165, 1.54) is 12.8 Å². The van der Waals surface area contributed by atoms with Gasteiger partial charge in [-0.1, -0.05) is 49.9 Å². The fourth-order valence-corrected chi connectivity index (χ4v) is 1.87. The number of halogens is 1. The highest BCUT2D eigenvalue weighted by Crippen LogP contribution is 2.19. The predicted molar refractivity (Wildman–Crippen MR) is 70.5 cm³/mol. The highest BCUT2D eigenvalue weighted by Gasteiger charge is 2.14. The van der Waals surface area contributed by atoms with Crippen molar-refractivity contribution < 1.29 is 0 Å². The molecule has 0 bridgehead atoms. The van der Waals surface area contributed by atoms with Crippen molar-refractivity contribution in [3.05, 3.63) is 34.9 Å². The largest absolute Gasteiger partial charge is 0.326 e. The van der Waals surface area contributed by atoms with E-state index in [1.807, 2.05) is 24.3 Å². The summed E-state index contributed by atoms with van der Waals surface area (Å²) in [7, 11) is 0. The summed E-state index contributed by atoms with van der Waals surface area (Å²) in [4.78, 5) is 0. The molecule has 2 atom stereocenters. The van der Waals surface area contributed by atoms with Crippen LogP contribution in [0.2, 0.25) is 5.02 Å². The van der Waals surface area contributed by atoms with Gasteiger partial charge in [0.1, 0.15) is 0 Å². The fourth-order valence-electron chi connectivity index (χ4n) is 1.74. The van der Waals surface area contributed by atoms with Gasteiger partial charge in [0.25, 0.3) is 0 Å². The van der Waals surface area contributed by atoms with E-state index in [4.69, 9.17) is 23.1 Å². The molecule has 0 aliphatic carbocycles. The maximum Gasteiger partial charge on any atom is 0.0448 e. The molecule has 4 N–H and O–H groups in total. The van der Waals surface area contributed by atoms with Gasteiger partial charge in [-0.2, -0.15) is 0 Å². The Labute approximate surface area is 103 Å². The molecule has 0 aromatic heterocycles. The minimum absolute atomic E-state index is 0.0349. The Morgan fingerprint density at radius 2 is 1.75 bits per heavy atom. The summed E-state index contributed by atoms with van der Waals surface area (Å²) >= 11 is 5.83. The van der Waals surface area contributed by atoms with E-state index in [-0.39, 0.29) is 12.1 Å². The average molecular weight is 241 g/mol. The lowest BCUT2D eigenvalue weighted by molar-refractivity contribution is 0.485. The van der Waals surface area contributed by atoms with Crippen LogP contribution >= 0.6 is 11.6 Å². The molecule has 0 amide bonds. The second kappa shape index (κ2) is 6.89. The van der Waals surface area contributed by atoms with Crippen molar-refractivity contribution in [2.75, 3.05) is 0 Å². The van der Waals surface area contributed by atoms with E-state index >= 15 is 0 Å². The van der Waals surface area contributed by atoms with Crippen LogP contribution in [0.25, 0.3) is 0 Å². The lowest BCUT2D eigenvalue weighted by Crippen LogP contribution is -2.34. The first-order valence-corrected chi connectivity index (χ1v) is 6.29. The first-order chi connectivity index (χ1) is 7.65. The summed E-state index contributed by atoms with van der Waals surface area (Å²) in [6, 6.07) is 7.56. The van der Waals surface area contributed by atoms with E-state index < -0.39 is 0 Å². The molecule has 1 aromatic rings. The third-order valence-electron chi connectivity index (χ3n) is 2.86. The van der Waals surface area contributed by atoms with Gasteiger partial charge in [0.2, 0.25) is 0 Å². The van der Waals surface area contributed by atoms with E-state index in [9.17, 15) is 0 Å². The Kier molecular flexibility index (Phi) is 5.81. The normalized spacial score (nSPS) is 14.8. The van der Waals surface area contributed by atoms with Gasteiger partial charge in [0.15, 0.2) is 0 Å². The molecule has 1 aromatic carbocycles. The zero-order valence-electron chi connectivity index (χ0n) is 9.83. The summed E-state index contributed by atoms with van der Waals surface area (Å²) in [5.74, 6) is 0. The minimum atomic E-state index is -0.0888. The summed E-state index contributed by atoms with van der Waals surface area (Å²) in [5, 5.41) is 0.732. The first-order valence-electron chi connectivity index (χ1n) is 5.91. The third kappa shape index (κ3) is 4.12. The second-order valence-corrected chi connectivity index (χ2v) is 4.67. The van der Waals surface area contributed by atoms with Crippen molar-refractivity contribution in [3.8, 4) is 0 Å².